The zero-order valence-corrected chi connectivity index (χ0v) is 28.4. The van der Waals surface area contributed by atoms with Gasteiger partial charge in [0.1, 0.15) is 11.4 Å². The molecule has 0 radical (unpaired) electrons. The lowest BCUT2D eigenvalue weighted by molar-refractivity contribution is 0.0480. The molecule has 2 aromatic heterocycles. The third kappa shape index (κ3) is 7.11. The molecule has 13 heteroatoms. The van der Waals surface area contributed by atoms with Gasteiger partial charge in [0, 0.05) is 58.5 Å². The molecule has 0 saturated carbocycles. The van der Waals surface area contributed by atoms with E-state index in [-0.39, 0.29) is 41.8 Å². The molecule has 0 unspecified atom stereocenters. The summed E-state index contributed by atoms with van der Waals surface area (Å²) >= 11 is 0. The fourth-order valence-electron chi connectivity index (χ4n) is 4.91. The molecule has 5 rings (SSSR count). The van der Waals surface area contributed by atoms with Crippen molar-refractivity contribution in [2.45, 2.75) is 77.7 Å². The van der Waals surface area contributed by atoms with Crippen LogP contribution in [0.3, 0.4) is 0 Å². The molecule has 234 valence electrons. The molecule has 44 heavy (non-hydrogen) atoms. The summed E-state index contributed by atoms with van der Waals surface area (Å²) < 4.78 is 43.5. The summed E-state index contributed by atoms with van der Waals surface area (Å²) in [6, 6.07) is 11.7. The molecule has 0 N–H and O–H groups in total. The van der Waals surface area contributed by atoms with E-state index in [0.717, 1.165) is 12.1 Å². The summed E-state index contributed by atoms with van der Waals surface area (Å²) in [5.74, 6) is -3.57. The number of carbonyl (C=O) groups is 1. The quantitative estimate of drug-likeness (QED) is 0.0872. The maximum Gasteiger partial charge on any atom is 0.299 e. The Kier molecular flexibility index (Phi) is 8.86. The first-order chi connectivity index (χ1) is 20.6. The van der Waals surface area contributed by atoms with E-state index in [9.17, 15) is 4.79 Å². The average Bonchev–Trinajstić information content (AvgIpc) is 3.64. The molecule has 9 nitrogen and oxygen atoms in total. The van der Waals surface area contributed by atoms with Crippen LogP contribution in [0.5, 0.6) is 0 Å². The number of aromatic nitrogens is 6. The second-order valence-corrected chi connectivity index (χ2v) is 25.0. The number of ether oxygens (including phenoxy) is 2. The Bertz CT molecular complexity index is 1670. The average molecular weight is 639 g/mol. The molecular formula is C31H40F2N6O3Si2. The number of hydrogen-bond donors (Lipinski definition) is 0. The molecule has 0 amide bonds. The fraction of sp³-hybridized carbons (Fsp3) is 0.452. The normalized spacial score (nSPS) is 14.1. The van der Waals surface area contributed by atoms with Crippen molar-refractivity contribution in [3.8, 4) is 33.6 Å². The number of rotatable bonds is 13. The third-order valence-corrected chi connectivity index (χ3v) is 10.9. The fourth-order valence-corrected chi connectivity index (χ4v) is 6.42. The minimum absolute atomic E-state index is 0.0787. The van der Waals surface area contributed by atoms with E-state index in [1.165, 1.54) is 28.6 Å². The Morgan fingerprint density at radius 3 is 1.91 bits per heavy atom. The molecule has 0 spiro atoms. The lowest BCUT2D eigenvalue weighted by atomic mass is 10.00. The van der Waals surface area contributed by atoms with E-state index in [0.29, 0.717) is 41.2 Å². The predicted molar refractivity (Wildman–Crippen MR) is 171 cm³/mol. The highest BCUT2D eigenvalue weighted by Gasteiger charge is 2.45. The van der Waals surface area contributed by atoms with Gasteiger partial charge in [0.25, 0.3) is 5.92 Å². The van der Waals surface area contributed by atoms with Gasteiger partial charge in [-0.2, -0.15) is 33.7 Å². The Morgan fingerprint density at radius 2 is 1.34 bits per heavy atom. The van der Waals surface area contributed by atoms with Crippen LogP contribution >= 0.6 is 0 Å². The van der Waals surface area contributed by atoms with Crippen LogP contribution in [0, 0.1) is 0 Å². The van der Waals surface area contributed by atoms with Gasteiger partial charge in [0.15, 0.2) is 24.9 Å². The number of alkyl halides is 2. The van der Waals surface area contributed by atoms with E-state index < -0.39 is 22.1 Å². The maximum absolute atomic E-state index is 16.0. The molecule has 2 aromatic carbocycles. The summed E-state index contributed by atoms with van der Waals surface area (Å²) in [6.45, 7) is 16.5. The van der Waals surface area contributed by atoms with Crippen LogP contribution in [-0.4, -0.2) is 65.1 Å². The molecule has 0 bridgehead atoms. The van der Waals surface area contributed by atoms with Crippen LogP contribution in [0.2, 0.25) is 51.4 Å². The van der Waals surface area contributed by atoms with Crippen molar-refractivity contribution in [2.75, 3.05) is 13.2 Å². The Hall–Kier alpha value is -3.40. The zero-order valence-electron chi connectivity index (χ0n) is 26.4. The van der Waals surface area contributed by atoms with E-state index >= 15 is 8.78 Å². The number of ketones is 1. The lowest BCUT2D eigenvalue weighted by Crippen LogP contribution is -2.22. The summed E-state index contributed by atoms with van der Waals surface area (Å²) in [7, 11) is -2.48. The molecule has 1 aliphatic rings. The Labute approximate surface area is 258 Å². The van der Waals surface area contributed by atoms with Crippen molar-refractivity contribution in [2.24, 2.45) is 0 Å². The van der Waals surface area contributed by atoms with E-state index in [1.54, 1.807) is 30.5 Å². The summed E-state index contributed by atoms with van der Waals surface area (Å²) in [5.41, 5.74) is 2.44. The number of hydrogen-bond acceptors (Lipinski definition) is 7. The van der Waals surface area contributed by atoms with Gasteiger partial charge in [-0.05, 0) is 35.3 Å². The molecule has 0 saturated heterocycles. The smallest absolute Gasteiger partial charge is 0.299 e. The van der Waals surface area contributed by atoms with Crippen LogP contribution in [0.4, 0.5) is 8.78 Å². The van der Waals surface area contributed by atoms with Crippen molar-refractivity contribution >= 4 is 21.9 Å². The highest BCUT2D eigenvalue weighted by atomic mass is 28.3. The zero-order chi connectivity index (χ0) is 31.9. The van der Waals surface area contributed by atoms with E-state index in [4.69, 9.17) is 9.47 Å². The number of fused-ring (bicyclic) bond motifs is 3. The van der Waals surface area contributed by atoms with E-state index in [2.05, 4.69) is 59.7 Å². The monoisotopic (exact) mass is 638 g/mol. The molecule has 2 heterocycles. The van der Waals surface area contributed by atoms with Crippen molar-refractivity contribution in [3.05, 3.63) is 59.4 Å². The van der Waals surface area contributed by atoms with Gasteiger partial charge in [-0.1, -0.05) is 63.5 Å². The first-order valence-electron chi connectivity index (χ1n) is 14.8. The maximum atomic E-state index is 16.0. The van der Waals surface area contributed by atoms with Gasteiger partial charge < -0.3 is 9.47 Å². The molecule has 1 aliphatic carbocycles. The largest absolute Gasteiger partial charge is 0.358 e. The van der Waals surface area contributed by atoms with Crippen molar-refractivity contribution in [1.29, 1.82) is 0 Å². The van der Waals surface area contributed by atoms with Gasteiger partial charge in [0.05, 0.1) is 6.20 Å². The van der Waals surface area contributed by atoms with Crippen molar-refractivity contribution in [1.82, 2.24) is 30.0 Å². The third-order valence-electron chi connectivity index (χ3n) is 7.51. The second kappa shape index (κ2) is 12.2. The highest BCUT2D eigenvalue weighted by Crippen LogP contribution is 2.52. The van der Waals surface area contributed by atoms with Gasteiger partial charge in [-0.3, -0.25) is 4.79 Å². The van der Waals surface area contributed by atoms with Crippen LogP contribution < -0.4 is 0 Å². The van der Waals surface area contributed by atoms with Crippen molar-refractivity contribution < 1.29 is 23.0 Å². The highest BCUT2D eigenvalue weighted by molar-refractivity contribution is 6.76. The number of nitrogens with zero attached hydrogens (tertiary/aromatic N) is 6. The van der Waals surface area contributed by atoms with Gasteiger partial charge in [-0.15, -0.1) is 5.10 Å². The first-order valence-corrected chi connectivity index (χ1v) is 22.2. The molecule has 0 aliphatic heterocycles. The van der Waals surface area contributed by atoms with Gasteiger partial charge in [-0.25, -0.2) is 0 Å². The van der Waals surface area contributed by atoms with Crippen LogP contribution in [0.1, 0.15) is 28.5 Å². The van der Waals surface area contributed by atoms with Crippen LogP contribution in [0.15, 0.2) is 42.6 Å². The number of carbonyl (C=O) groups excluding carboxylic acids is 1. The molecular weight excluding hydrogens is 599 g/mol. The van der Waals surface area contributed by atoms with E-state index in [1.807, 2.05) is 0 Å². The standard InChI is InChI=1S/C31H40F2N6O3Si2/c1-21(40)29-30(37-39(36-29)20-42-13-15-44(5,6)7)23-9-11-25-24-10-8-22(16-26(24)31(32,33)27(25)17-23)28-18-34-38(35-28)19-41-12-14-43(2,3)4/h8-11,16-18H,12-15,19-20H2,1-7H3. The Balaban J connectivity index is 1.36. The SMILES string of the molecule is CC(=O)c1nn(COCC[Si](C)(C)C)nc1-c1ccc2c(c1)C(F)(F)c1cc(-c3cnn(COCC[Si](C)(C)C)n3)ccc1-2. The summed E-state index contributed by atoms with van der Waals surface area (Å²) in [5, 5.41) is 17.5. The topological polar surface area (TPSA) is 97.0 Å². The van der Waals surface area contributed by atoms with Crippen molar-refractivity contribution in [3.63, 3.8) is 0 Å². The lowest BCUT2D eigenvalue weighted by Gasteiger charge is -2.15. The van der Waals surface area contributed by atoms with Gasteiger partial charge in [0.2, 0.25) is 0 Å². The number of Topliss-reactive ketones (excluding diaryl/α,β-unsaturated/α-hetero) is 1. The molecule has 0 fully saturated rings. The first kappa shape index (κ1) is 32.0. The molecule has 4 aromatic rings. The Morgan fingerprint density at radius 1 is 0.795 bits per heavy atom. The minimum Gasteiger partial charge on any atom is -0.358 e. The minimum atomic E-state index is -3.26. The van der Waals surface area contributed by atoms with Gasteiger partial charge >= 0.3 is 0 Å². The second-order valence-electron chi connectivity index (χ2n) is 13.7. The summed E-state index contributed by atoms with van der Waals surface area (Å²) in [4.78, 5) is 15.2. The molecule has 0 atom stereocenters. The number of benzene rings is 2. The van der Waals surface area contributed by atoms with Crippen LogP contribution in [0.25, 0.3) is 33.6 Å². The summed E-state index contributed by atoms with van der Waals surface area (Å²) in [6.07, 6.45) is 1.56. The number of halogens is 2. The van der Waals surface area contributed by atoms with Crippen LogP contribution in [-0.2, 0) is 28.9 Å². The predicted octanol–water partition coefficient (Wildman–Crippen LogP) is 7.15.